The molecule has 0 saturated carbocycles. The van der Waals surface area contributed by atoms with Gasteiger partial charge in [0.05, 0.1) is 18.9 Å². The van der Waals surface area contributed by atoms with Gasteiger partial charge < -0.3 is 19.8 Å². The predicted molar refractivity (Wildman–Crippen MR) is 105 cm³/mol. The van der Waals surface area contributed by atoms with E-state index in [1.54, 1.807) is 0 Å². The molecule has 5 nitrogen and oxygen atoms in total. The topological polar surface area (TPSA) is 63.3 Å². The Morgan fingerprint density at radius 2 is 1.81 bits per heavy atom. The summed E-state index contributed by atoms with van der Waals surface area (Å²) < 4.78 is 11.2. The van der Waals surface area contributed by atoms with E-state index in [1.165, 1.54) is 0 Å². The molecule has 0 atom stereocenters. The Kier molecular flexibility index (Phi) is 5.46. The van der Waals surface area contributed by atoms with E-state index in [1.807, 2.05) is 63.2 Å². The van der Waals surface area contributed by atoms with Gasteiger partial charge in [0, 0.05) is 23.7 Å². The van der Waals surface area contributed by atoms with Crippen molar-refractivity contribution in [1.29, 1.82) is 0 Å². The Morgan fingerprint density at radius 3 is 2.58 bits per heavy atom. The summed E-state index contributed by atoms with van der Waals surface area (Å²) in [5.74, 6) is 1.48. The second-order valence-corrected chi connectivity index (χ2v) is 6.09. The van der Waals surface area contributed by atoms with Crippen LogP contribution in [0.2, 0.25) is 0 Å². The Morgan fingerprint density at radius 1 is 1.00 bits per heavy atom. The van der Waals surface area contributed by atoms with Crippen LogP contribution in [-0.2, 0) is 6.54 Å². The van der Waals surface area contributed by atoms with Crippen LogP contribution in [0, 0.1) is 6.92 Å². The first-order chi connectivity index (χ1) is 12.6. The van der Waals surface area contributed by atoms with Crippen molar-refractivity contribution in [3.8, 4) is 11.5 Å². The van der Waals surface area contributed by atoms with Gasteiger partial charge in [0.25, 0.3) is 5.56 Å². The van der Waals surface area contributed by atoms with Crippen LogP contribution < -0.4 is 20.3 Å². The van der Waals surface area contributed by atoms with Gasteiger partial charge in [0.15, 0.2) is 0 Å². The number of aryl methyl sites for hydroxylation is 1. The van der Waals surface area contributed by atoms with Gasteiger partial charge >= 0.3 is 0 Å². The summed E-state index contributed by atoms with van der Waals surface area (Å²) in [6.07, 6.45) is 0. The first kappa shape index (κ1) is 17.9. The monoisotopic (exact) mass is 352 g/mol. The third kappa shape index (κ3) is 3.99. The van der Waals surface area contributed by atoms with Crippen LogP contribution in [0.1, 0.15) is 25.0 Å². The molecule has 0 unspecified atom stereocenters. The average molecular weight is 352 g/mol. The molecule has 3 rings (SSSR count). The van der Waals surface area contributed by atoms with Crippen LogP contribution in [0.4, 0.5) is 5.69 Å². The van der Waals surface area contributed by atoms with Gasteiger partial charge in [-0.3, -0.25) is 4.79 Å². The highest BCUT2D eigenvalue weighted by Crippen LogP contribution is 2.30. The number of benzene rings is 2. The quantitative estimate of drug-likeness (QED) is 0.667. The van der Waals surface area contributed by atoms with Crippen molar-refractivity contribution >= 4 is 16.6 Å². The lowest BCUT2D eigenvalue weighted by molar-refractivity contribution is 0.324. The number of nitrogens with one attached hydrogen (secondary N) is 2. The second-order valence-electron chi connectivity index (χ2n) is 6.09. The van der Waals surface area contributed by atoms with Crippen molar-refractivity contribution in [2.75, 3.05) is 18.5 Å². The molecule has 0 aliphatic heterocycles. The lowest BCUT2D eigenvalue weighted by atomic mass is 10.1. The minimum Gasteiger partial charge on any atom is -0.494 e. The molecular weight excluding hydrogens is 328 g/mol. The zero-order chi connectivity index (χ0) is 18.5. The summed E-state index contributed by atoms with van der Waals surface area (Å²) in [6, 6.07) is 13.6. The van der Waals surface area contributed by atoms with E-state index in [0.717, 1.165) is 27.9 Å². The van der Waals surface area contributed by atoms with Crippen molar-refractivity contribution in [1.82, 2.24) is 4.98 Å². The largest absolute Gasteiger partial charge is 0.494 e. The third-order valence-electron chi connectivity index (χ3n) is 4.11. The minimum atomic E-state index is -0.0838. The second kappa shape index (κ2) is 7.95. The lowest BCUT2D eigenvalue weighted by Crippen LogP contribution is -2.16. The number of aromatic nitrogens is 1. The maximum atomic E-state index is 12.4. The number of ether oxygens (including phenoxy) is 2. The Hall–Kier alpha value is -2.95. The van der Waals surface area contributed by atoms with Crippen LogP contribution in [0.3, 0.4) is 0 Å². The van der Waals surface area contributed by atoms with Gasteiger partial charge in [0.1, 0.15) is 11.5 Å². The first-order valence-corrected chi connectivity index (χ1v) is 8.86. The number of anilines is 1. The molecular formula is C21H24N2O3. The van der Waals surface area contributed by atoms with Crippen molar-refractivity contribution in [3.05, 3.63) is 63.9 Å². The maximum Gasteiger partial charge on any atom is 0.253 e. The summed E-state index contributed by atoms with van der Waals surface area (Å²) in [6.45, 7) is 7.46. The zero-order valence-electron chi connectivity index (χ0n) is 15.4. The molecule has 0 bridgehead atoms. The minimum absolute atomic E-state index is 0.0838. The molecule has 0 amide bonds. The van der Waals surface area contributed by atoms with Gasteiger partial charge in [0.2, 0.25) is 0 Å². The molecule has 136 valence electrons. The van der Waals surface area contributed by atoms with E-state index in [9.17, 15) is 4.79 Å². The van der Waals surface area contributed by atoms with E-state index >= 15 is 0 Å². The number of H-pyrrole nitrogens is 1. The normalized spacial score (nSPS) is 10.7. The molecule has 2 aromatic carbocycles. The summed E-state index contributed by atoms with van der Waals surface area (Å²) in [5.41, 5.74) is 3.40. The van der Waals surface area contributed by atoms with Crippen LogP contribution in [0.15, 0.2) is 47.3 Å². The number of hydrogen-bond acceptors (Lipinski definition) is 4. The summed E-state index contributed by atoms with van der Waals surface area (Å²) in [4.78, 5) is 15.3. The van der Waals surface area contributed by atoms with Crippen LogP contribution >= 0.6 is 0 Å². The fourth-order valence-corrected chi connectivity index (χ4v) is 2.86. The molecule has 0 aliphatic carbocycles. The Balaban J connectivity index is 1.84. The predicted octanol–water partition coefficient (Wildman–Crippen LogP) is 4.25. The summed E-state index contributed by atoms with van der Waals surface area (Å²) in [5, 5.41) is 4.32. The van der Waals surface area contributed by atoms with E-state index in [2.05, 4.69) is 10.3 Å². The lowest BCUT2D eigenvalue weighted by Gasteiger charge is -2.14. The van der Waals surface area contributed by atoms with Crippen LogP contribution in [0.5, 0.6) is 11.5 Å². The molecule has 5 heteroatoms. The summed E-state index contributed by atoms with van der Waals surface area (Å²) in [7, 11) is 0. The van der Waals surface area contributed by atoms with Crippen molar-refractivity contribution in [3.63, 3.8) is 0 Å². The standard InChI is InChI=1S/C21H24N2O3/c1-4-25-17-8-9-18(20(12-17)26-5-2)22-13-16-11-15-7-6-14(3)10-19(15)23-21(16)24/h6-12,22H,4-5,13H2,1-3H3,(H,23,24). The van der Waals surface area contributed by atoms with Gasteiger partial charge in [-0.1, -0.05) is 12.1 Å². The van der Waals surface area contributed by atoms with Crippen molar-refractivity contribution in [2.24, 2.45) is 0 Å². The molecule has 0 radical (unpaired) electrons. The van der Waals surface area contributed by atoms with Gasteiger partial charge in [-0.15, -0.1) is 0 Å². The van der Waals surface area contributed by atoms with Gasteiger partial charge in [-0.25, -0.2) is 0 Å². The van der Waals surface area contributed by atoms with Gasteiger partial charge in [-0.05, 0) is 56.0 Å². The molecule has 2 N–H and O–H groups in total. The Labute approximate surface area is 153 Å². The van der Waals surface area contributed by atoms with Gasteiger partial charge in [-0.2, -0.15) is 0 Å². The molecule has 0 aliphatic rings. The number of fused-ring (bicyclic) bond motifs is 1. The molecule has 0 saturated heterocycles. The number of rotatable bonds is 7. The number of hydrogen-bond donors (Lipinski definition) is 2. The molecule has 1 aromatic heterocycles. The third-order valence-corrected chi connectivity index (χ3v) is 4.11. The molecule has 1 heterocycles. The molecule has 0 fully saturated rings. The highest BCUT2D eigenvalue weighted by Gasteiger charge is 2.08. The SMILES string of the molecule is CCOc1ccc(NCc2cc3ccc(C)cc3[nH]c2=O)c(OCC)c1. The van der Waals surface area contributed by atoms with E-state index < -0.39 is 0 Å². The fourth-order valence-electron chi connectivity index (χ4n) is 2.86. The fraction of sp³-hybridized carbons (Fsp3) is 0.286. The zero-order valence-corrected chi connectivity index (χ0v) is 15.4. The highest BCUT2D eigenvalue weighted by atomic mass is 16.5. The molecule has 0 spiro atoms. The first-order valence-electron chi connectivity index (χ1n) is 8.86. The summed E-state index contributed by atoms with van der Waals surface area (Å²) >= 11 is 0. The number of pyridine rings is 1. The maximum absolute atomic E-state index is 12.4. The Bertz CT molecular complexity index is 963. The average Bonchev–Trinajstić information content (AvgIpc) is 2.62. The molecule has 26 heavy (non-hydrogen) atoms. The van der Waals surface area contributed by atoms with E-state index in [-0.39, 0.29) is 5.56 Å². The van der Waals surface area contributed by atoms with E-state index in [4.69, 9.17) is 9.47 Å². The molecule has 3 aromatic rings. The van der Waals surface area contributed by atoms with Crippen molar-refractivity contribution in [2.45, 2.75) is 27.3 Å². The van der Waals surface area contributed by atoms with E-state index in [0.29, 0.717) is 31.1 Å². The van der Waals surface area contributed by atoms with Crippen LogP contribution in [-0.4, -0.2) is 18.2 Å². The van der Waals surface area contributed by atoms with Crippen LogP contribution in [0.25, 0.3) is 10.9 Å². The number of aromatic amines is 1. The van der Waals surface area contributed by atoms with Crippen molar-refractivity contribution < 1.29 is 9.47 Å². The smallest absolute Gasteiger partial charge is 0.253 e. The highest BCUT2D eigenvalue weighted by molar-refractivity contribution is 5.79.